The minimum Gasteiger partial charge on any atom is -0.339 e. The number of halogens is 1. The van der Waals surface area contributed by atoms with E-state index in [1.165, 1.54) is 6.20 Å². The molecule has 3 rings (SSSR count). The Labute approximate surface area is 131 Å². The van der Waals surface area contributed by atoms with Crippen molar-refractivity contribution in [2.24, 2.45) is 0 Å². The molecule has 5 nitrogen and oxygen atoms in total. The zero-order valence-electron chi connectivity index (χ0n) is 11.4. The summed E-state index contributed by atoms with van der Waals surface area (Å²) in [5.74, 6) is 0.583. The van der Waals surface area contributed by atoms with Gasteiger partial charge in [0, 0.05) is 23.2 Å². The van der Waals surface area contributed by atoms with Gasteiger partial charge in [-0.2, -0.15) is 0 Å². The smallest absolute Gasteiger partial charge is 0.274 e. The standard InChI is InChI=1S/C15H15BrN4O/c16-11-4-3-5-12(8-11)19-14-10-17-13(9-18-14)15(21)20-6-1-2-7-20/h3-5,8-10H,1-2,6-7H2,(H,18,19). The summed E-state index contributed by atoms with van der Waals surface area (Å²) >= 11 is 3.42. The molecule has 0 aliphatic carbocycles. The molecule has 1 N–H and O–H groups in total. The van der Waals surface area contributed by atoms with Crippen LogP contribution in [-0.2, 0) is 0 Å². The molecular weight excluding hydrogens is 332 g/mol. The summed E-state index contributed by atoms with van der Waals surface area (Å²) in [7, 11) is 0. The van der Waals surface area contributed by atoms with E-state index >= 15 is 0 Å². The molecule has 21 heavy (non-hydrogen) atoms. The molecule has 0 atom stereocenters. The van der Waals surface area contributed by atoms with Crippen molar-refractivity contribution in [3.8, 4) is 0 Å². The number of rotatable bonds is 3. The molecule has 0 radical (unpaired) electrons. The average molecular weight is 347 g/mol. The highest BCUT2D eigenvalue weighted by atomic mass is 79.9. The number of carbonyl (C=O) groups is 1. The van der Waals surface area contributed by atoms with Gasteiger partial charge in [0.05, 0.1) is 12.4 Å². The van der Waals surface area contributed by atoms with Crippen LogP contribution < -0.4 is 5.32 Å². The Bertz CT molecular complexity index is 638. The summed E-state index contributed by atoms with van der Waals surface area (Å²) in [5, 5.41) is 3.15. The molecular formula is C15H15BrN4O. The first-order valence-corrected chi connectivity index (χ1v) is 7.65. The zero-order chi connectivity index (χ0) is 14.7. The topological polar surface area (TPSA) is 58.1 Å². The van der Waals surface area contributed by atoms with E-state index in [0.717, 1.165) is 36.1 Å². The molecule has 2 aromatic rings. The van der Waals surface area contributed by atoms with Crippen LogP contribution >= 0.6 is 15.9 Å². The van der Waals surface area contributed by atoms with Gasteiger partial charge < -0.3 is 10.2 Å². The quantitative estimate of drug-likeness (QED) is 0.926. The Balaban J connectivity index is 1.70. The van der Waals surface area contributed by atoms with Crippen LogP contribution in [0.2, 0.25) is 0 Å². The lowest BCUT2D eigenvalue weighted by Crippen LogP contribution is -2.28. The molecule has 6 heteroatoms. The molecule has 1 fully saturated rings. The second-order valence-corrected chi connectivity index (χ2v) is 5.84. The van der Waals surface area contributed by atoms with Crippen LogP contribution in [0.25, 0.3) is 0 Å². The van der Waals surface area contributed by atoms with Gasteiger partial charge in [0.15, 0.2) is 0 Å². The van der Waals surface area contributed by atoms with Gasteiger partial charge in [-0.25, -0.2) is 9.97 Å². The van der Waals surface area contributed by atoms with E-state index < -0.39 is 0 Å². The predicted molar refractivity (Wildman–Crippen MR) is 84.6 cm³/mol. The number of benzene rings is 1. The van der Waals surface area contributed by atoms with Crippen LogP contribution in [0.1, 0.15) is 23.3 Å². The number of amides is 1. The monoisotopic (exact) mass is 346 g/mol. The Kier molecular flexibility index (Phi) is 4.15. The van der Waals surface area contributed by atoms with Gasteiger partial charge in [0.25, 0.3) is 5.91 Å². The van der Waals surface area contributed by atoms with Crippen LogP contribution in [0, 0.1) is 0 Å². The Hall–Kier alpha value is -1.95. The maximum atomic E-state index is 12.2. The fourth-order valence-corrected chi connectivity index (χ4v) is 2.70. The molecule has 1 amide bonds. The fourth-order valence-electron chi connectivity index (χ4n) is 2.30. The first-order valence-electron chi connectivity index (χ1n) is 6.86. The van der Waals surface area contributed by atoms with Crippen molar-refractivity contribution in [2.75, 3.05) is 18.4 Å². The van der Waals surface area contributed by atoms with Crippen LogP contribution in [0.15, 0.2) is 41.1 Å². The maximum Gasteiger partial charge on any atom is 0.274 e. The van der Waals surface area contributed by atoms with Crippen molar-refractivity contribution >= 4 is 33.3 Å². The van der Waals surface area contributed by atoms with E-state index in [1.807, 2.05) is 29.2 Å². The summed E-state index contributed by atoms with van der Waals surface area (Å²) in [4.78, 5) is 22.5. The summed E-state index contributed by atoms with van der Waals surface area (Å²) in [6.45, 7) is 1.64. The minimum absolute atomic E-state index is 0.0333. The van der Waals surface area contributed by atoms with Gasteiger partial charge in [-0.15, -0.1) is 0 Å². The Morgan fingerprint density at radius 1 is 1.19 bits per heavy atom. The lowest BCUT2D eigenvalue weighted by molar-refractivity contribution is 0.0786. The van der Waals surface area contributed by atoms with Crippen molar-refractivity contribution in [3.05, 3.63) is 46.8 Å². The van der Waals surface area contributed by atoms with Crippen LogP contribution in [0.5, 0.6) is 0 Å². The predicted octanol–water partition coefficient (Wildman–Crippen LogP) is 3.22. The maximum absolute atomic E-state index is 12.2. The van der Waals surface area contributed by atoms with Gasteiger partial charge in [-0.3, -0.25) is 4.79 Å². The van der Waals surface area contributed by atoms with Gasteiger partial charge >= 0.3 is 0 Å². The molecule has 1 saturated heterocycles. The Morgan fingerprint density at radius 2 is 2.00 bits per heavy atom. The van der Waals surface area contributed by atoms with Gasteiger partial charge in [-0.05, 0) is 31.0 Å². The largest absolute Gasteiger partial charge is 0.339 e. The number of hydrogen-bond acceptors (Lipinski definition) is 4. The normalized spacial score (nSPS) is 14.2. The number of hydrogen-bond donors (Lipinski definition) is 1. The Morgan fingerprint density at radius 3 is 2.67 bits per heavy atom. The van der Waals surface area contributed by atoms with Crippen LogP contribution in [-0.4, -0.2) is 33.9 Å². The lowest BCUT2D eigenvalue weighted by Gasteiger charge is -2.14. The van der Waals surface area contributed by atoms with E-state index in [1.54, 1.807) is 6.20 Å². The highest BCUT2D eigenvalue weighted by Gasteiger charge is 2.20. The summed E-state index contributed by atoms with van der Waals surface area (Å²) < 4.78 is 0.987. The first kappa shape index (κ1) is 14.0. The third-order valence-corrected chi connectivity index (χ3v) is 3.85. The molecule has 0 bridgehead atoms. The second-order valence-electron chi connectivity index (χ2n) is 4.92. The molecule has 1 aliphatic rings. The third-order valence-electron chi connectivity index (χ3n) is 3.36. The summed E-state index contributed by atoms with van der Waals surface area (Å²) in [6.07, 6.45) is 5.26. The van der Waals surface area contributed by atoms with Gasteiger partial charge in [0.2, 0.25) is 0 Å². The summed E-state index contributed by atoms with van der Waals surface area (Å²) in [5.41, 5.74) is 1.31. The highest BCUT2D eigenvalue weighted by Crippen LogP contribution is 2.19. The third kappa shape index (κ3) is 3.39. The molecule has 0 unspecified atom stereocenters. The molecule has 108 valence electrons. The second kappa shape index (κ2) is 6.22. The molecule has 1 aromatic heterocycles. The van der Waals surface area contributed by atoms with Gasteiger partial charge in [0.1, 0.15) is 11.5 Å². The van der Waals surface area contributed by atoms with Crippen LogP contribution in [0.4, 0.5) is 11.5 Å². The van der Waals surface area contributed by atoms with Gasteiger partial charge in [-0.1, -0.05) is 22.0 Å². The summed E-state index contributed by atoms with van der Waals surface area (Å²) in [6, 6.07) is 7.78. The number of nitrogens with zero attached hydrogens (tertiary/aromatic N) is 3. The van der Waals surface area contributed by atoms with Crippen molar-refractivity contribution in [2.45, 2.75) is 12.8 Å². The molecule has 0 spiro atoms. The van der Waals surface area contributed by atoms with Crippen molar-refractivity contribution in [3.63, 3.8) is 0 Å². The number of carbonyl (C=O) groups excluding carboxylic acids is 1. The molecule has 2 heterocycles. The lowest BCUT2D eigenvalue weighted by atomic mass is 10.3. The van der Waals surface area contributed by atoms with E-state index in [4.69, 9.17) is 0 Å². The molecule has 0 saturated carbocycles. The minimum atomic E-state index is -0.0333. The molecule has 1 aromatic carbocycles. The first-order chi connectivity index (χ1) is 10.2. The highest BCUT2D eigenvalue weighted by molar-refractivity contribution is 9.10. The van der Waals surface area contributed by atoms with E-state index in [2.05, 4.69) is 31.2 Å². The number of anilines is 2. The van der Waals surface area contributed by atoms with E-state index in [0.29, 0.717) is 11.5 Å². The fraction of sp³-hybridized carbons (Fsp3) is 0.267. The average Bonchev–Trinajstić information content (AvgIpc) is 3.01. The van der Waals surface area contributed by atoms with E-state index in [9.17, 15) is 4.79 Å². The SMILES string of the molecule is O=C(c1cnc(Nc2cccc(Br)c2)cn1)N1CCCC1. The van der Waals surface area contributed by atoms with Crippen molar-refractivity contribution < 1.29 is 4.79 Å². The number of aromatic nitrogens is 2. The van der Waals surface area contributed by atoms with E-state index in [-0.39, 0.29) is 5.91 Å². The number of likely N-dealkylation sites (tertiary alicyclic amines) is 1. The molecule has 1 aliphatic heterocycles. The number of nitrogens with one attached hydrogen (secondary N) is 1. The van der Waals surface area contributed by atoms with Crippen LogP contribution in [0.3, 0.4) is 0 Å². The van der Waals surface area contributed by atoms with Crippen molar-refractivity contribution in [1.29, 1.82) is 0 Å². The van der Waals surface area contributed by atoms with Crippen molar-refractivity contribution in [1.82, 2.24) is 14.9 Å². The zero-order valence-corrected chi connectivity index (χ0v) is 13.0.